The molecule has 1 saturated heterocycles. The summed E-state index contributed by atoms with van der Waals surface area (Å²) in [6.45, 7) is 6.07. The van der Waals surface area contributed by atoms with Gasteiger partial charge in [-0.15, -0.1) is 0 Å². The minimum absolute atomic E-state index is 0.0787. The van der Waals surface area contributed by atoms with Crippen LogP contribution in [0, 0.1) is 10.8 Å². The summed E-state index contributed by atoms with van der Waals surface area (Å²) >= 11 is 0. The van der Waals surface area contributed by atoms with Gasteiger partial charge in [-0.3, -0.25) is 4.79 Å². The standard InChI is InChI=1S/C10H16O3/c1-9(2)6(11)4-7-10(9,3)5-8(12)13-7/h6-7,11H,4-5H2,1-3H3/t6-,7-,10-/m0/s1. The smallest absolute Gasteiger partial charge is 0.306 e. The van der Waals surface area contributed by atoms with Crippen molar-refractivity contribution in [3.05, 3.63) is 0 Å². The molecule has 1 saturated carbocycles. The number of ether oxygens (including phenoxy) is 1. The summed E-state index contributed by atoms with van der Waals surface area (Å²) in [5.74, 6) is -0.118. The van der Waals surface area contributed by atoms with E-state index in [9.17, 15) is 9.90 Å². The van der Waals surface area contributed by atoms with Crippen molar-refractivity contribution in [1.82, 2.24) is 0 Å². The van der Waals surface area contributed by atoms with E-state index in [0.717, 1.165) is 0 Å². The van der Waals surface area contributed by atoms with Crippen molar-refractivity contribution in [3.8, 4) is 0 Å². The third-order valence-corrected chi connectivity index (χ3v) is 4.24. The third-order valence-electron chi connectivity index (χ3n) is 4.24. The average molecular weight is 184 g/mol. The Morgan fingerprint density at radius 2 is 2.08 bits per heavy atom. The second-order valence-electron chi connectivity index (χ2n) is 5.05. The predicted molar refractivity (Wildman–Crippen MR) is 47.0 cm³/mol. The SMILES string of the molecule is CC1(C)[C@@H](O)C[C@@H]2OC(=O)C[C@@]21C. The van der Waals surface area contributed by atoms with E-state index >= 15 is 0 Å². The van der Waals surface area contributed by atoms with Crippen molar-refractivity contribution >= 4 is 5.97 Å². The number of esters is 1. The van der Waals surface area contributed by atoms with Crippen LogP contribution in [0.3, 0.4) is 0 Å². The first kappa shape index (κ1) is 9.00. The first-order valence-corrected chi connectivity index (χ1v) is 4.75. The summed E-state index contributed by atoms with van der Waals surface area (Å²) in [5, 5.41) is 9.82. The molecule has 2 aliphatic rings. The lowest BCUT2D eigenvalue weighted by Gasteiger charge is -2.37. The van der Waals surface area contributed by atoms with Crippen LogP contribution in [0.15, 0.2) is 0 Å². The number of hydrogen-bond acceptors (Lipinski definition) is 3. The fourth-order valence-electron chi connectivity index (χ4n) is 2.57. The van der Waals surface area contributed by atoms with Gasteiger partial charge in [-0.2, -0.15) is 0 Å². The second kappa shape index (κ2) is 2.27. The lowest BCUT2D eigenvalue weighted by molar-refractivity contribution is -0.142. The topological polar surface area (TPSA) is 46.5 Å². The maximum atomic E-state index is 11.2. The normalized spacial score (nSPS) is 47.5. The first-order valence-electron chi connectivity index (χ1n) is 4.75. The maximum absolute atomic E-state index is 11.2. The van der Waals surface area contributed by atoms with Crippen LogP contribution in [0.4, 0.5) is 0 Å². The number of aliphatic hydroxyl groups is 1. The molecule has 0 aromatic carbocycles. The molecule has 0 spiro atoms. The summed E-state index contributed by atoms with van der Waals surface area (Å²) in [6, 6.07) is 0. The highest BCUT2D eigenvalue weighted by Crippen LogP contribution is 2.58. The third kappa shape index (κ3) is 0.909. The van der Waals surface area contributed by atoms with Crippen molar-refractivity contribution in [1.29, 1.82) is 0 Å². The second-order valence-corrected chi connectivity index (χ2v) is 5.05. The zero-order valence-electron chi connectivity index (χ0n) is 8.33. The number of rotatable bonds is 0. The predicted octanol–water partition coefficient (Wildman–Crippen LogP) is 1.10. The van der Waals surface area contributed by atoms with Crippen LogP contribution in [0.5, 0.6) is 0 Å². The molecule has 0 amide bonds. The van der Waals surface area contributed by atoms with Crippen molar-refractivity contribution in [2.75, 3.05) is 0 Å². The molecule has 0 bridgehead atoms. The Bertz CT molecular complexity index is 259. The summed E-state index contributed by atoms with van der Waals surface area (Å²) < 4.78 is 5.20. The van der Waals surface area contributed by atoms with E-state index in [1.54, 1.807) is 0 Å². The molecule has 3 heteroatoms. The number of fused-ring (bicyclic) bond motifs is 1. The van der Waals surface area contributed by atoms with Gasteiger partial charge in [0.1, 0.15) is 6.10 Å². The Labute approximate surface area is 78.1 Å². The Kier molecular flexibility index (Phi) is 1.57. The molecule has 0 aromatic heterocycles. The summed E-state index contributed by atoms with van der Waals surface area (Å²) in [4.78, 5) is 11.2. The molecule has 1 aliphatic heterocycles. The van der Waals surface area contributed by atoms with Gasteiger partial charge in [0.15, 0.2) is 0 Å². The van der Waals surface area contributed by atoms with E-state index in [1.165, 1.54) is 0 Å². The van der Waals surface area contributed by atoms with E-state index in [0.29, 0.717) is 12.8 Å². The molecule has 1 heterocycles. The van der Waals surface area contributed by atoms with Crippen LogP contribution in [-0.2, 0) is 9.53 Å². The Hall–Kier alpha value is -0.570. The Morgan fingerprint density at radius 1 is 1.46 bits per heavy atom. The molecule has 2 fully saturated rings. The number of hydrogen-bond donors (Lipinski definition) is 1. The van der Waals surface area contributed by atoms with Crippen LogP contribution in [-0.4, -0.2) is 23.3 Å². The molecule has 74 valence electrons. The summed E-state index contributed by atoms with van der Waals surface area (Å²) in [5.41, 5.74) is -0.396. The zero-order chi connectivity index (χ0) is 9.85. The van der Waals surface area contributed by atoms with Gasteiger partial charge in [0.2, 0.25) is 0 Å². The molecule has 0 radical (unpaired) electrons. The monoisotopic (exact) mass is 184 g/mol. The minimum atomic E-state index is -0.351. The molecule has 13 heavy (non-hydrogen) atoms. The lowest BCUT2D eigenvalue weighted by atomic mass is 9.67. The van der Waals surface area contributed by atoms with Crippen LogP contribution in [0.25, 0.3) is 0 Å². The van der Waals surface area contributed by atoms with Gasteiger partial charge in [-0.1, -0.05) is 20.8 Å². The van der Waals surface area contributed by atoms with Crippen molar-refractivity contribution in [3.63, 3.8) is 0 Å². The van der Waals surface area contributed by atoms with Crippen LogP contribution >= 0.6 is 0 Å². The van der Waals surface area contributed by atoms with Crippen LogP contribution in [0.2, 0.25) is 0 Å². The van der Waals surface area contributed by atoms with Crippen molar-refractivity contribution < 1.29 is 14.6 Å². The minimum Gasteiger partial charge on any atom is -0.462 e. The number of carbonyl (C=O) groups is 1. The highest BCUT2D eigenvalue weighted by molar-refractivity contribution is 5.73. The molecule has 1 N–H and O–H groups in total. The van der Waals surface area contributed by atoms with E-state index in [1.807, 2.05) is 20.8 Å². The molecular formula is C10H16O3. The highest BCUT2D eigenvalue weighted by atomic mass is 16.6. The molecule has 1 aliphatic carbocycles. The van der Waals surface area contributed by atoms with Gasteiger partial charge in [-0.25, -0.2) is 0 Å². The van der Waals surface area contributed by atoms with Crippen LogP contribution < -0.4 is 0 Å². The lowest BCUT2D eigenvalue weighted by Crippen LogP contribution is -2.38. The zero-order valence-corrected chi connectivity index (χ0v) is 8.33. The quantitative estimate of drug-likeness (QED) is 0.573. The van der Waals surface area contributed by atoms with E-state index in [2.05, 4.69) is 0 Å². The number of aliphatic hydroxyl groups excluding tert-OH is 1. The van der Waals surface area contributed by atoms with E-state index in [4.69, 9.17) is 4.74 Å². The van der Waals surface area contributed by atoms with E-state index in [-0.39, 0.29) is 29.0 Å². The summed E-state index contributed by atoms with van der Waals surface area (Å²) in [7, 11) is 0. The van der Waals surface area contributed by atoms with Gasteiger partial charge < -0.3 is 9.84 Å². The van der Waals surface area contributed by atoms with Gasteiger partial charge in [0.25, 0.3) is 0 Å². The molecule has 0 aromatic rings. The highest BCUT2D eigenvalue weighted by Gasteiger charge is 2.62. The maximum Gasteiger partial charge on any atom is 0.306 e. The summed E-state index contributed by atoms with van der Waals surface area (Å²) in [6.07, 6.45) is 0.609. The number of carbonyl (C=O) groups excluding carboxylic acids is 1. The Balaban J connectivity index is 2.37. The van der Waals surface area contributed by atoms with Crippen LogP contribution in [0.1, 0.15) is 33.6 Å². The van der Waals surface area contributed by atoms with Gasteiger partial charge >= 0.3 is 5.97 Å². The largest absolute Gasteiger partial charge is 0.462 e. The fourth-order valence-corrected chi connectivity index (χ4v) is 2.57. The van der Waals surface area contributed by atoms with Gasteiger partial charge in [0.05, 0.1) is 12.5 Å². The molecule has 0 unspecified atom stereocenters. The molecular weight excluding hydrogens is 168 g/mol. The molecule has 2 rings (SSSR count). The van der Waals surface area contributed by atoms with E-state index < -0.39 is 0 Å². The van der Waals surface area contributed by atoms with Crippen molar-refractivity contribution in [2.24, 2.45) is 10.8 Å². The van der Waals surface area contributed by atoms with Crippen molar-refractivity contribution in [2.45, 2.75) is 45.8 Å². The van der Waals surface area contributed by atoms with Gasteiger partial charge in [-0.05, 0) is 0 Å². The molecule has 3 atom stereocenters. The van der Waals surface area contributed by atoms with Gasteiger partial charge in [0, 0.05) is 17.3 Å². The molecule has 3 nitrogen and oxygen atoms in total. The first-order chi connectivity index (χ1) is 5.88. The Morgan fingerprint density at radius 3 is 2.62 bits per heavy atom. The fraction of sp³-hybridized carbons (Fsp3) is 0.900. The average Bonchev–Trinajstić information content (AvgIpc) is 2.33.